The highest BCUT2D eigenvalue weighted by Crippen LogP contribution is 2.13. The van der Waals surface area contributed by atoms with Crippen LogP contribution in [0.2, 0.25) is 0 Å². The van der Waals surface area contributed by atoms with E-state index in [2.05, 4.69) is 10.4 Å². The Bertz CT molecular complexity index is 368. The van der Waals surface area contributed by atoms with Crippen molar-refractivity contribution in [3.8, 4) is 0 Å². The molecule has 1 amide bonds. The van der Waals surface area contributed by atoms with Crippen molar-refractivity contribution >= 4 is 5.91 Å². The smallest absolute Gasteiger partial charge is 0.272 e. The highest BCUT2D eigenvalue weighted by Gasteiger charge is 2.24. The van der Waals surface area contributed by atoms with Crippen LogP contribution < -0.4 is 5.32 Å². The van der Waals surface area contributed by atoms with Gasteiger partial charge in [0.25, 0.3) is 5.91 Å². The van der Waals surface area contributed by atoms with E-state index in [4.69, 9.17) is 0 Å². The fourth-order valence-corrected chi connectivity index (χ4v) is 2.12. The van der Waals surface area contributed by atoms with Crippen molar-refractivity contribution in [3.05, 3.63) is 18.0 Å². The van der Waals surface area contributed by atoms with Crippen LogP contribution in [0.3, 0.4) is 0 Å². The predicted molar refractivity (Wildman–Crippen MR) is 61.2 cm³/mol. The first-order valence-corrected chi connectivity index (χ1v) is 5.66. The van der Waals surface area contributed by atoms with Crippen LogP contribution in [0.1, 0.15) is 23.3 Å². The number of carbonyl (C=O) groups is 1. The van der Waals surface area contributed by atoms with Crippen LogP contribution in [0.5, 0.6) is 0 Å². The number of nitrogens with one attached hydrogen (secondary N) is 1. The van der Waals surface area contributed by atoms with Gasteiger partial charge in [-0.2, -0.15) is 5.10 Å². The van der Waals surface area contributed by atoms with E-state index < -0.39 is 0 Å². The highest BCUT2D eigenvalue weighted by atomic mass is 16.2. The van der Waals surface area contributed by atoms with Crippen molar-refractivity contribution in [1.82, 2.24) is 20.0 Å². The molecule has 5 nitrogen and oxygen atoms in total. The Morgan fingerprint density at radius 2 is 2.25 bits per heavy atom. The fraction of sp³-hybridized carbons (Fsp3) is 0.636. The number of piperidine rings is 1. The lowest BCUT2D eigenvalue weighted by Gasteiger charge is -2.31. The summed E-state index contributed by atoms with van der Waals surface area (Å²) in [6, 6.07) is 2.11. The topological polar surface area (TPSA) is 50.2 Å². The average molecular weight is 222 g/mol. The number of aromatic nitrogens is 2. The summed E-state index contributed by atoms with van der Waals surface area (Å²) in [7, 11) is 3.68. The number of amides is 1. The van der Waals surface area contributed by atoms with Crippen LogP contribution in [-0.4, -0.2) is 46.8 Å². The molecule has 0 unspecified atom stereocenters. The first kappa shape index (κ1) is 11.1. The Morgan fingerprint density at radius 3 is 2.81 bits per heavy atom. The molecule has 0 bridgehead atoms. The van der Waals surface area contributed by atoms with Gasteiger partial charge in [0, 0.05) is 26.3 Å². The minimum atomic E-state index is 0.0619. The maximum absolute atomic E-state index is 12.2. The molecule has 0 radical (unpaired) electrons. The van der Waals surface area contributed by atoms with Crippen LogP contribution in [0.15, 0.2) is 12.3 Å². The summed E-state index contributed by atoms with van der Waals surface area (Å²) < 4.78 is 1.62. The number of rotatable bonds is 2. The summed E-state index contributed by atoms with van der Waals surface area (Å²) in [4.78, 5) is 14.0. The molecule has 0 spiro atoms. The molecule has 1 aromatic rings. The fourth-order valence-electron chi connectivity index (χ4n) is 2.12. The molecule has 1 aliphatic rings. The normalized spacial score (nSPS) is 17.4. The van der Waals surface area contributed by atoms with Gasteiger partial charge >= 0.3 is 0 Å². The lowest BCUT2D eigenvalue weighted by molar-refractivity contribution is 0.0692. The SMILES string of the molecule is CN(C(=O)c1ccnn1C)C1CCNCC1. The number of hydrogen-bond donors (Lipinski definition) is 1. The molecule has 0 aromatic carbocycles. The van der Waals surface area contributed by atoms with Gasteiger partial charge < -0.3 is 10.2 Å². The molecule has 1 fully saturated rings. The van der Waals surface area contributed by atoms with Crippen molar-refractivity contribution < 1.29 is 4.79 Å². The highest BCUT2D eigenvalue weighted by molar-refractivity contribution is 5.92. The van der Waals surface area contributed by atoms with Gasteiger partial charge in [-0.15, -0.1) is 0 Å². The van der Waals surface area contributed by atoms with Gasteiger partial charge in [0.15, 0.2) is 0 Å². The van der Waals surface area contributed by atoms with Gasteiger partial charge in [-0.1, -0.05) is 0 Å². The zero-order valence-corrected chi connectivity index (χ0v) is 9.81. The van der Waals surface area contributed by atoms with Crippen LogP contribution >= 0.6 is 0 Å². The van der Waals surface area contributed by atoms with E-state index in [1.807, 2.05) is 11.9 Å². The molecule has 88 valence electrons. The molecular formula is C11H18N4O. The minimum absolute atomic E-state index is 0.0619. The van der Waals surface area contributed by atoms with E-state index in [1.165, 1.54) is 0 Å². The van der Waals surface area contributed by atoms with Gasteiger partial charge in [-0.25, -0.2) is 0 Å². The average Bonchev–Trinajstić information content (AvgIpc) is 2.75. The van der Waals surface area contributed by atoms with Crippen LogP contribution in [0.4, 0.5) is 0 Å². The van der Waals surface area contributed by atoms with Gasteiger partial charge in [-0.3, -0.25) is 9.48 Å². The summed E-state index contributed by atoms with van der Waals surface area (Å²) in [6.07, 6.45) is 3.71. The molecule has 0 saturated carbocycles. The molecule has 5 heteroatoms. The summed E-state index contributed by atoms with van der Waals surface area (Å²) in [5, 5.41) is 7.32. The van der Waals surface area contributed by atoms with Crippen molar-refractivity contribution in [2.24, 2.45) is 7.05 Å². The minimum Gasteiger partial charge on any atom is -0.337 e. The van der Waals surface area contributed by atoms with Crippen LogP contribution in [-0.2, 0) is 7.05 Å². The van der Waals surface area contributed by atoms with E-state index in [0.29, 0.717) is 11.7 Å². The predicted octanol–water partition coefficient (Wildman–Crippen LogP) is 0.244. The molecule has 1 aliphatic heterocycles. The van der Waals surface area contributed by atoms with Crippen LogP contribution in [0, 0.1) is 0 Å². The van der Waals surface area contributed by atoms with Crippen molar-refractivity contribution in [2.75, 3.05) is 20.1 Å². The maximum atomic E-state index is 12.2. The first-order valence-electron chi connectivity index (χ1n) is 5.66. The van der Waals surface area contributed by atoms with E-state index in [1.54, 1.807) is 24.0 Å². The molecule has 1 aromatic heterocycles. The largest absolute Gasteiger partial charge is 0.337 e. The van der Waals surface area contributed by atoms with Crippen molar-refractivity contribution in [2.45, 2.75) is 18.9 Å². The van der Waals surface area contributed by atoms with E-state index >= 15 is 0 Å². The van der Waals surface area contributed by atoms with Crippen LogP contribution in [0.25, 0.3) is 0 Å². The van der Waals surface area contributed by atoms with E-state index in [-0.39, 0.29) is 5.91 Å². The van der Waals surface area contributed by atoms with E-state index in [0.717, 1.165) is 25.9 Å². The molecule has 1 saturated heterocycles. The Labute approximate surface area is 95.4 Å². The summed E-state index contributed by atoms with van der Waals surface area (Å²) in [6.45, 7) is 1.99. The molecule has 2 rings (SSSR count). The number of carbonyl (C=O) groups excluding carboxylic acids is 1. The van der Waals surface area contributed by atoms with Crippen molar-refractivity contribution in [3.63, 3.8) is 0 Å². The lowest BCUT2D eigenvalue weighted by Crippen LogP contribution is -2.44. The van der Waals surface area contributed by atoms with Crippen molar-refractivity contribution in [1.29, 1.82) is 0 Å². The molecule has 1 N–H and O–H groups in total. The number of hydrogen-bond acceptors (Lipinski definition) is 3. The third kappa shape index (κ3) is 2.09. The lowest BCUT2D eigenvalue weighted by atomic mass is 10.1. The third-order valence-corrected chi connectivity index (χ3v) is 3.22. The molecule has 2 heterocycles. The molecular weight excluding hydrogens is 204 g/mol. The number of aryl methyl sites for hydroxylation is 1. The summed E-state index contributed by atoms with van der Waals surface area (Å²) >= 11 is 0. The zero-order chi connectivity index (χ0) is 11.5. The van der Waals surface area contributed by atoms with E-state index in [9.17, 15) is 4.79 Å². The third-order valence-electron chi connectivity index (χ3n) is 3.22. The second-order valence-corrected chi connectivity index (χ2v) is 4.24. The summed E-state index contributed by atoms with van der Waals surface area (Å²) in [5.41, 5.74) is 0.654. The quantitative estimate of drug-likeness (QED) is 0.780. The monoisotopic (exact) mass is 222 g/mol. The molecule has 0 atom stereocenters. The zero-order valence-electron chi connectivity index (χ0n) is 9.81. The number of nitrogens with zero attached hydrogens (tertiary/aromatic N) is 3. The second-order valence-electron chi connectivity index (χ2n) is 4.24. The Balaban J connectivity index is 2.06. The Hall–Kier alpha value is -1.36. The standard InChI is InChI=1S/C11H18N4O/c1-14(9-3-6-12-7-4-9)11(16)10-5-8-13-15(10)2/h5,8-9,12H,3-4,6-7H2,1-2H3. The Kier molecular flexibility index (Phi) is 3.24. The summed E-state index contributed by atoms with van der Waals surface area (Å²) in [5.74, 6) is 0.0619. The molecule has 16 heavy (non-hydrogen) atoms. The maximum Gasteiger partial charge on any atom is 0.272 e. The Morgan fingerprint density at radius 1 is 1.56 bits per heavy atom. The van der Waals surface area contributed by atoms with Gasteiger partial charge in [0.1, 0.15) is 5.69 Å². The second kappa shape index (κ2) is 4.65. The first-order chi connectivity index (χ1) is 7.70. The van der Waals surface area contributed by atoms with Gasteiger partial charge in [0.2, 0.25) is 0 Å². The van der Waals surface area contributed by atoms with Gasteiger partial charge in [-0.05, 0) is 32.0 Å². The van der Waals surface area contributed by atoms with Gasteiger partial charge in [0.05, 0.1) is 0 Å². The molecule has 0 aliphatic carbocycles.